The zero-order valence-corrected chi connectivity index (χ0v) is 15.8. The van der Waals surface area contributed by atoms with Crippen LogP contribution in [0.1, 0.15) is 11.3 Å². The highest BCUT2D eigenvalue weighted by Gasteiger charge is 2.67. The molecule has 7 nitrogen and oxygen atoms in total. The number of hydrogen-bond acceptors (Lipinski definition) is 5. The molecule has 4 atom stereocenters. The maximum atomic E-state index is 13.2. The third kappa shape index (κ3) is 2.86. The van der Waals surface area contributed by atoms with Crippen LogP contribution in [0.15, 0.2) is 53.2 Å². The van der Waals surface area contributed by atoms with E-state index in [-0.39, 0.29) is 24.2 Å². The fraction of sp³-hybridized carbons (Fsp3) is 0.381. The number of aromatic nitrogens is 1. The Kier molecular flexibility index (Phi) is 4.06. The maximum absolute atomic E-state index is 13.2. The highest BCUT2D eigenvalue weighted by atomic mass is 19.1. The molecule has 3 aliphatic rings. The van der Waals surface area contributed by atoms with Gasteiger partial charge in [0.1, 0.15) is 11.4 Å². The Bertz CT molecular complexity index is 974. The van der Waals surface area contributed by atoms with Crippen LogP contribution in [0.2, 0.25) is 0 Å². The van der Waals surface area contributed by atoms with E-state index in [9.17, 15) is 14.0 Å². The molecule has 0 unspecified atom stereocenters. The van der Waals surface area contributed by atoms with Gasteiger partial charge in [0.15, 0.2) is 5.76 Å². The van der Waals surface area contributed by atoms with Crippen LogP contribution in [0.5, 0.6) is 0 Å². The zero-order valence-electron chi connectivity index (χ0n) is 15.8. The van der Waals surface area contributed by atoms with Gasteiger partial charge in [-0.25, -0.2) is 4.39 Å². The number of amides is 2. The standard InChI is InChI=1S/C21H20FN3O4/c1-24(11-15-7-9-23-29-15)19(26)17-16-6-8-21(28-16)12-25(20(27)18(17)21)10-13-2-4-14(22)5-3-13/h2-9,16-18H,10-12H2,1H3/t16-,17+,18+,21-/m0/s1. The molecule has 3 aliphatic heterocycles. The minimum absolute atomic E-state index is 0.104. The Labute approximate surface area is 166 Å². The second kappa shape index (κ2) is 6.52. The predicted molar refractivity (Wildman–Crippen MR) is 98.5 cm³/mol. The highest BCUT2D eigenvalue weighted by Crippen LogP contribution is 2.52. The molecule has 8 heteroatoms. The largest absolute Gasteiger partial charge is 0.360 e. The highest BCUT2D eigenvalue weighted by molar-refractivity contribution is 5.93. The van der Waals surface area contributed by atoms with Gasteiger partial charge in [-0.1, -0.05) is 29.4 Å². The van der Waals surface area contributed by atoms with Gasteiger partial charge in [-0.05, 0) is 17.7 Å². The molecule has 150 valence electrons. The van der Waals surface area contributed by atoms with Crippen LogP contribution < -0.4 is 0 Å². The third-order valence-electron chi connectivity index (χ3n) is 6.01. The van der Waals surface area contributed by atoms with Crippen molar-refractivity contribution in [3.8, 4) is 0 Å². The van der Waals surface area contributed by atoms with Crippen molar-refractivity contribution < 1.29 is 23.2 Å². The van der Waals surface area contributed by atoms with Crippen LogP contribution in [0.25, 0.3) is 0 Å². The fourth-order valence-electron chi connectivity index (χ4n) is 4.69. The van der Waals surface area contributed by atoms with Gasteiger partial charge in [0.2, 0.25) is 11.8 Å². The topological polar surface area (TPSA) is 75.9 Å². The third-order valence-corrected chi connectivity index (χ3v) is 6.01. The van der Waals surface area contributed by atoms with E-state index >= 15 is 0 Å². The summed E-state index contributed by atoms with van der Waals surface area (Å²) in [6.07, 6.45) is 4.93. The molecule has 2 bridgehead atoms. The number of benzene rings is 1. The summed E-state index contributed by atoms with van der Waals surface area (Å²) in [6, 6.07) is 7.78. The van der Waals surface area contributed by atoms with E-state index in [1.54, 1.807) is 35.0 Å². The number of rotatable bonds is 5. The Morgan fingerprint density at radius 3 is 2.86 bits per heavy atom. The molecule has 0 aliphatic carbocycles. The number of carbonyl (C=O) groups is 2. The van der Waals surface area contributed by atoms with E-state index in [0.717, 1.165) is 5.56 Å². The van der Waals surface area contributed by atoms with Gasteiger partial charge >= 0.3 is 0 Å². The molecule has 4 heterocycles. The SMILES string of the molecule is CN(Cc1ccno1)C(=O)[C@@H]1[C@@H]2C=C[C@@]3(CN(Cc4ccc(F)cc4)C(=O)[C@@H]13)O2. The minimum Gasteiger partial charge on any atom is -0.360 e. The molecule has 1 aromatic carbocycles. The Hall–Kier alpha value is -3.00. The molecule has 29 heavy (non-hydrogen) atoms. The number of halogens is 1. The summed E-state index contributed by atoms with van der Waals surface area (Å²) in [7, 11) is 1.68. The normalized spacial score (nSPS) is 29.5. The van der Waals surface area contributed by atoms with Crippen molar-refractivity contribution in [1.82, 2.24) is 15.0 Å². The number of ether oxygens (including phenoxy) is 1. The number of nitrogens with zero attached hydrogens (tertiary/aromatic N) is 3. The van der Waals surface area contributed by atoms with Crippen LogP contribution in [0.4, 0.5) is 4.39 Å². The smallest absolute Gasteiger partial charge is 0.230 e. The van der Waals surface area contributed by atoms with Crippen LogP contribution in [0, 0.1) is 17.7 Å². The van der Waals surface area contributed by atoms with Gasteiger partial charge in [-0.3, -0.25) is 9.59 Å². The summed E-state index contributed by atoms with van der Waals surface area (Å²) in [5.74, 6) is -1.12. The lowest BCUT2D eigenvalue weighted by Gasteiger charge is -2.27. The van der Waals surface area contributed by atoms with E-state index in [4.69, 9.17) is 9.26 Å². The lowest BCUT2D eigenvalue weighted by atomic mass is 9.76. The maximum Gasteiger partial charge on any atom is 0.230 e. The van der Waals surface area contributed by atoms with E-state index in [1.165, 1.54) is 18.3 Å². The lowest BCUT2D eigenvalue weighted by molar-refractivity contribution is -0.143. The molecule has 0 N–H and O–H groups in total. The van der Waals surface area contributed by atoms with Gasteiger partial charge < -0.3 is 19.1 Å². The molecule has 0 radical (unpaired) electrons. The van der Waals surface area contributed by atoms with Gasteiger partial charge in [0.05, 0.1) is 37.2 Å². The van der Waals surface area contributed by atoms with Crippen molar-refractivity contribution in [1.29, 1.82) is 0 Å². The lowest BCUT2D eigenvalue weighted by Crippen LogP contribution is -2.44. The Morgan fingerprint density at radius 2 is 2.14 bits per heavy atom. The summed E-state index contributed by atoms with van der Waals surface area (Å²) in [5, 5.41) is 3.66. The van der Waals surface area contributed by atoms with E-state index in [2.05, 4.69) is 5.16 Å². The minimum atomic E-state index is -0.769. The second-order valence-corrected chi connectivity index (χ2v) is 7.89. The number of fused-ring (bicyclic) bond motifs is 1. The van der Waals surface area contributed by atoms with Crippen molar-refractivity contribution in [2.45, 2.75) is 24.8 Å². The van der Waals surface area contributed by atoms with Crippen molar-refractivity contribution in [3.63, 3.8) is 0 Å². The zero-order chi connectivity index (χ0) is 20.2. The molecule has 5 rings (SSSR count). The molecular formula is C21H20FN3O4. The molecule has 2 amide bonds. The van der Waals surface area contributed by atoms with Crippen molar-refractivity contribution in [2.75, 3.05) is 13.6 Å². The summed E-state index contributed by atoms with van der Waals surface area (Å²) in [5.41, 5.74) is 0.0646. The summed E-state index contributed by atoms with van der Waals surface area (Å²) >= 11 is 0. The van der Waals surface area contributed by atoms with Gasteiger partial charge in [-0.15, -0.1) is 0 Å². The average molecular weight is 397 g/mol. The molecule has 1 spiro atoms. The van der Waals surface area contributed by atoms with Crippen LogP contribution in [-0.4, -0.2) is 52.1 Å². The summed E-state index contributed by atoms with van der Waals surface area (Å²) in [6.45, 7) is 1.02. The summed E-state index contributed by atoms with van der Waals surface area (Å²) in [4.78, 5) is 29.7. The number of likely N-dealkylation sites (tertiary alicyclic amines) is 1. The molecule has 1 aromatic heterocycles. The second-order valence-electron chi connectivity index (χ2n) is 7.89. The number of hydrogen-bond donors (Lipinski definition) is 0. The van der Waals surface area contributed by atoms with E-state index in [0.29, 0.717) is 18.8 Å². The average Bonchev–Trinajstić information content (AvgIpc) is 3.46. The van der Waals surface area contributed by atoms with Gasteiger partial charge in [0, 0.05) is 19.7 Å². The first-order chi connectivity index (χ1) is 14.0. The van der Waals surface area contributed by atoms with Crippen LogP contribution >= 0.6 is 0 Å². The molecule has 2 saturated heterocycles. The van der Waals surface area contributed by atoms with Crippen molar-refractivity contribution in [2.24, 2.45) is 11.8 Å². The summed E-state index contributed by atoms with van der Waals surface area (Å²) < 4.78 is 24.4. The first-order valence-corrected chi connectivity index (χ1v) is 9.52. The molecule has 2 fully saturated rings. The molecule has 2 aromatic rings. The van der Waals surface area contributed by atoms with Crippen molar-refractivity contribution in [3.05, 3.63) is 65.8 Å². The van der Waals surface area contributed by atoms with Crippen molar-refractivity contribution >= 4 is 11.8 Å². The Balaban J connectivity index is 1.36. The first-order valence-electron chi connectivity index (χ1n) is 9.52. The Morgan fingerprint density at radius 1 is 1.34 bits per heavy atom. The van der Waals surface area contributed by atoms with E-state index in [1.807, 2.05) is 12.2 Å². The van der Waals surface area contributed by atoms with Crippen LogP contribution in [-0.2, 0) is 27.4 Å². The quantitative estimate of drug-likeness (QED) is 0.719. The van der Waals surface area contributed by atoms with Crippen LogP contribution in [0.3, 0.4) is 0 Å². The van der Waals surface area contributed by atoms with Gasteiger partial charge in [0.25, 0.3) is 0 Å². The van der Waals surface area contributed by atoms with E-state index < -0.39 is 23.5 Å². The number of carbonyl (C=O) groups excluding carboxylic acids is 2. The molecule has 0 saturated carbocycles. The first kappa shape index (κ1) is 18.1. The van der Waals surface area contributed by atoms with Gasteiger partial charge in [-0.2, -0.15) is 0 Å². The predicted octanol–water partition coefficient (Wildman–Crippen LogP) is 1.75. The monoisotopic (exact) mass is 397 g/mol. The fourth-order valence-corrected chi connectivity index (χ4v) is 4.69. The molecular weight excluding hydrogens is 377 g/mol.